The van der Waals surface area contributed by atoms with Gasteiger partial charge in [-0.3, -0.25) is 4.79 Å². The largest absolute Gasteiger partial charge is 0.324 e. The van der Waals surface area contributed by atoms with Crippen LogP contribution in [-0.4, -0.2) is 21.6 Å². The molecule has 23 heavy (non-hydrogen) atoms. The van der Waals surface area contributed by atoms with E-state index in [-0.39, 0.29) is 5.91 Å². The minimum Gasteiger partial charge on any atom is -0.324 e. The lowest BCUT2D eigenvalue weighted by Crippen LogP contribution is -2.14. The van der Waals surface area contributed by atoms with Crippen LogP contribution in [0.15, 0.2) is 35.6 Å². The molecule has 0 unspecified atom stereocenters. The molecule has 1 N–H and O–H groups in total. The molecule has 0 bridgehead atoms. The number of carbonyl (C=O) groups excluding carboxylic acids is 1. The highest BCUT2D eigenvalue weighted by Gasteiger charge is 2.14. The molecule has 0 aliphatic heterocycles. The molecule has 118 valence electrons. The number of amides is 1. The minimum absolute atomic E-state index is 0.0320. The van der Waals surface area contributed by atoms with E-state index >= 15 is 0 Å². The number of rotatable bonds is 4. The maximum atomic E-state index is 12.2. The molecule has 0 aliphatic rings. The van der Waals surface area contributed by atoms with E-state index in [4.69, 9.17) is 0 Å². The van der Waals surface area contributed by atoms with E-state index in [1.165, 1.54) is 22.2 Å². The Hall–Kier alpha value is -1.19. The summed E-state index contributed by atoms with van der Waals surface area (Å²) in [6, 6.07) is 7.73. The molecule has 1 amide bonds. The van der Waals surface area contributed by atoms with Crippen molar-refractivity contribution in [1.29, 1.82) is 0 Å². The van der Waals surface area contributed by atoms with Crippen LogP contribution in [0.4, 0.5) is 5.69 Å². The average molecular weight is 455 g/mol. The molecule has 0 saturated heterocycles. The molecule has 0 saturated carbocycles. The van der Waals surface area contributed by atoms with Crippen LogP contribution in [0.25, 0.3) is 10.2 Å². The molecule has 2 aromatic heterocycles. The number of para-hydroxylation sites is 1. The van der Waals surface area contributed by atoms with Crippen LogP contribution in [0, 0.1) is 17.4 Å². The number of nitrogens with zero attached hydrogens (tertiary/aromatic N) is 2. The third-order valence-corrected chi connectivity index (χ3v) is 6.46. The fourth-order valence-electron chi connectivity index (χ4n) is 2.14. The van der Waals surface area contributed by atoms with E-state index in [9.17, 15) is 4.79 Å². The maximum absolute atomic E-state index is 12.2. The Morgan fingerprint density at radius 3 is 2.87 bits per heavy atom. The number of carbonyl (C=O) groups is 1. The SMILES string of the molecule is Cc1sc2ncnc(SCC(=O)Nc3ccccc3I)c2c1C. The number of benzene rings is 1. The van der Waals surface area contributed by atoms with Crippen molar-refractivity contribution >= 4 is 67.5 Å². The van der Waals surface area contributed by atoms with Crippen molar-refractivity contribution in [2.75, 3.05) is 11.1 Å². The zero-order valence-corrected chi connectivity index (χ0v) is 16.4. The highest BCUT2D eigenvalue weighted by Crippen LogP contribution is 2.34. The van der Waals surface area contributed by atoms with Crippen LogP contribution in [0.1, 0.15) is 10.4 Å². The maximum Gasteiger partial charge on any atom is 0.234 e. The number of anilines is 1. The number of hydrogen-bond donors (Lipinski definition) is 1. The molecule has 3 aromatic rings. The lowest BCUT2D eigenvalue weighted by Gasteiger charge is -2.07. The molecule has 4 nitrogen and oxygen atoms in total. The lowest BCUT2D eigenvalue weighted by molar-refractivity contribution is -0.113. The summed E-state index contributed by atoms with van der Waals surface area (Å²) in [5, 5.41) is 4.88. The molecular formula is C16H14IN3OS2. The fraction of sp³-hybridized carbons (Fsp3) is 0.188. The van der Waals surface area contributed by atoms with Crippen LogP contribution in [-0.2, 0) is 4.79 Å². The third kappa shape index (κ3) is 3.67. The summed E-state index contributed by atoms with van der Waals surface area (Å²) in [4.78, 5) is 23.1. The first-order valence-corrected chi connectivity index (χ1v) is 9.82. The van der Waals surface area contributed by atoms with Crippen LogP contribution >= 0.6 is 45.7 Å². The number of thioether (sulfide) groups is 1. The van der Waals surface area contributed by atoms with Gasteiger partial charge in [-0.2, -0.15) is 0 Å². The number of aryl methyl sites for hydroxylation is 2. The van der Waals surface area contributed by atoms with Crippen LogP contribution in [0.3, 0.4) is 0 Å². The van der Waals surface area contributed by atoms with Gasteiger partial charge in [-0.15, -0.1) is 11.3 Å². The predicted molar refractivity (Wildman–Crippen MR) is 105 cm³/mol. The standard InChI is InChI=1S/C16H14IN3OS2/c1-9-10(2)23-16-14(9)15(18-8-19-16)22-7-13(21)20-12-6-4-3-5-11(12)17/h3-6,8H,7H2,1-2H3,(H,20,21). The van der Waals surface area contributed by atoms with Gasteiger partial charge in [0, 0.05) is 13.8 Å². The first-order chi connectivity index (χ1) is 11.1. The second-order valence-electron chi connectivity index (χ2n) is 4.96. The molecular weight excluding hydrogens is 441 g/mol. The van der Waals surface area contributed by atoms with Crippen LogP contribution < -0.4 is 5.32 Å². The highest BCUT2D eigenvalue weighted by molar-refractivity contribution is 14.1. The van der Waals surface area contributed by atoms with Gasteiger partial charge in [-0.05, 0) is 54.1 Å². The number of thiophene rings is 1. The Bertz CT molecular complexity index is 879. The Labute approximate surface area is 156 Å². The zero-order valence-electron chi connectivity index (χ0n) is 12.6. The van der Waals surface area contributed by atoms with E-state index in [0.29, 0.717) is 5.75 Å². The van der Waals surface area contributed by atoms with E-state index in [2.05, 4.69) is 51.7 Å². The van der Waals surface area contributed by atoms with Gasteiger partial charge >= 0.3 is 0 Å². The molecule has 2 heterocycles. The number of hydrogen-bond acceptors (Lipinski definition) is 5. The molecule has 0 spiro atoms. The van der Waals surface area contributed by atoms with E-state index in [1.54, 1.807) is 17.7 Å². The topological polar surface area (TPSA) is 54.9 Å². The van der Waals surface area contributed by atoms with Crippen molar-refractivity contribution < 1.29 is 4.79 Å². The van der Waals surface area contributed by atoms with Crippen molar-refractivity contribution in [2.45, 2.75) is 18.9 Å². The number of halogens is 1. The van der Waals surface area contributed by atoms with Gasteiger partial charge in [0.05, 0.1) is 11.4 Å². The third-order valence-electron chi connectivity index (χ3n) is 3.42. The van der Waals surface area contributed by atoms with Crippen molar-refractivity contribution in [3.63, 3.8) is 0 Å². The zero-order chi connectivity index (χ0) is 16.4. The Balaban J connectivity index is 1.74. The number of aromatic nitrogens is 2. The second kappa shape index (κ2) is 7.14. The minimum atomic E-state index is -0.0320. The van der Waals surface area contributed by atoms with Crippen molar-refractivity contribution in [1.82, 2.24) is 9.97 Å². The van der Waals surface area contributed by atoms with Gasteiger partial charge < -0.3 is 5.32 Å². The summed E-state index contributed by atoms with van der Waals surface area (Å²) in [7, 11) is 0. The summed E-state index contributed by atoms with van der Waals surface area (Å²) >= 11 is 5.33. The first kappa shape index (κ1) is 16.7. The van der Waals surface area contributed by atoms with E-state index in [1.807, 2.05) is 24.3 Å². The normalized spacial score (nSPS) is 10.9. The molecule has 3 rings (SSSR count). The number of fused-ring (bicyclic) bond motifs is 1. The van der Waals surface area contributed by atoms with Gasteiger partial charge in [-0.1, -0.05) is 23.9 Å². The summed E-state index contributed by atoms with van der Waals surface area (Å²) < 4.78 is 1.03. The average Bonchev–Trinajstić information content (AvgIpc) is 2.83. The van der Waals surface area contributed by atoms with E-state index < -0.39 is 0 Å². The second-order valence-corrected chi connectivity index (χ2v) is 8.29. The smallest absolute Gasteiger partial charge is 0.234 e. The first-order valence-electron chi connectivity index (χ1n) is 6.94. The summed E-state index contributed by atoms with van der Waals surface area (Å²) in [6.45, 7) is 4.16. The number of nitrogens with one attached hydrogen (secondary N) is 1. The summed E-state index contributed by atoms with van der Waals surface area (Å²) in [5.74, 6) is 0.293. The van der Waals surface area contributed by atoms with Crippen LogP contribution in [0.5, 0.6) is 0 Å². The quantitative estimate of drug-likeness (QED) is 0.354. The molecule has 0 aliphatic carbocycles. The van der Waals surface area contributed by atoms with Crippen molar-refractivity contribution in [2.24, 2.45) is 0 Å². The van der Waals surface area contributed by atoms with Gasteiger partial charge in [0.2, 0.25) is 5.91 Å². The van der Waals surface area contributed by atoms with Gasteiger partial charge in [0.15, 0.2) is 0 Å². The van der Waals surface area contributed by atoms with Crippen molar-refractivity contribution in [3.05, 3.63) is 44.6 Å². The van der Waals surface area contributed by atoms with E-state index in [0.717, 1.165) is 24.5 Å². The van der Waals surface area contributed by atoms with Gasteiger partial charge in [0.25, 0.3) is 0 Å². The monoisotopic (exact) mass is 455 g/mol. The van der Waals surface area contributed by atoms with Gasteiger partial charge in [-0.25, -0.2) is 9.97 Å². The highest BCUT2D eigenvalue weighted by atomic mass is 127. The molecule has 0 fully saturated rings. The Morgan fingerprint density at radius 1 is 1.30 bits per heavy atom. The Kier molecular flexibility index (Phi) is 5.17. The lowest BCUT2D eigenvalue weighted by atomic mass is 10.2. The molecule has 0 radical (unpaired) electrons. The molecule has 1 aromatic carbocycles. The molecule has 7 heteroatoms. The van der Waals surface area contributed by atoms with Gasteiger partial charge in [0.1, 0.15) is 16.2 Å². The summed E-state index contributed by atoms with van der Waals surface area (Å²) in [5.41, 5.74) is 2.04. The van der Waals surface area contributed by atoms with Crippen LogP contribution in [0.2, 0.25) is 0 Å². The Morgan fingerprint density at radius 2 is 2.09 bits per heavy atom. The van der Waals surface area contributed by atoms with Crippen molar-refractivity contribution in [3.8, 4) is 0 Å². The predicted octanol–water partition coefficient (Wildman–Crippen LogP) is 4.64. The fourth-order valence-corrected chi connectivity index (χ4v) is 4.58. The molecule has 0 atom stereocenters. The summed E-state index contributed by atoms with van der Waals surface area (Å²) in [6.07, 6.45) is 1.57.